The average Bonchev–Trinajstić information content (AvgIpc) is 2.52. The molecule has 1 aliphatic rings. The van der Waals surface area contributed by atoms with Gasteiger partial charge in [-0.15, -0.1) is 0 Å². The molecule has 0 bridgehead atoms. The van der Waals surface area contributed by atoms with E-state index in [0.717, 1.165) is 11.3 Å². The lowest BCUT2D eigenvalue weighted by Gasteiger charge is -2.34. The first-order chi connectivity index (χ1) is 10.2. The minimum atomic E-state index is -0.141. The number of urea groups is 1. The molecule has 1 heterocycles. The van der Waals surface area contributed by atoms with E-state index in [1.807, 2.05) is 42.5 Å². The van der Waals surface area contributed by atoms with Crippen LogP contribution >= 0.6 is 0 Å². The molecule has 0 N–H and O–H groups in total. The van der Waals surface area contributed by atoms with Gasteiger partial charge in [0.1, 0.15) is 0 Å². The number of carbonyl (C=O) groups is 2. The summed E-state index contributed by atoms with van der Waals surface area (Å²) in [6.45, 7) is 0.634. The highest BCUT2D eigenvalue weighted by Gasteiger charge is 2.29. The van der Waals surface area contributed by atoms with E-state index in [0.29, 0.717) is 12.1 Å². The minimum Gasteiger partial charge on any atom is -0.323 e. The third kappa shape index (κ3) is 2.52. The zero-order valence-corrected chi connectivity index (χ0v) is 11.8. The molecule has 0 saturated heterocycles. The monoisotopic (exact) mass is 280 g/mol. The number of nitrogens with zero attached hydrogens (tertiary/aromatic N) is 2. The number of ketones is 1. The Hall–Kier alpha value is -2.62. The molecule has 4 nitrogen and oxygen atoms in total. The van der Waals surface area contributed by atoms with E-state index in [9.17, 15) is 9.59 Å². The first kappa shape index (κ1) is 13.4. The van der Waals surface area contributed by atoms with Crippen molar-refractivity contribution in [2.24, 2.45) is 0 Å². The zero-order chi connectivity index (χ0) is 14.8. The van der Waals surface area contributed by atoms with E-state index in [4.69, 9.17) is 0 Å². The minimum absolute atomic E-state index is 0.0597. The van der Waals surface area contributed by atoms with Crippen LogP contribution < -0.4 is 4.90 Å². The van der Waals surface area contributed by atoms with Crippen molar-refractivity contribution < 1.29 is 9.59 Å². The predicted molar refractivity (Wildman–Crippen MR) is 81.4 cm³/mol. The van der Waals surface area contributed by atoms with Crippen molar-refractivity contribution in [2.75, 3.05) is 18.5 Å². The molecule has 2 aromatic carbocycles. The van der Waals surface area contributed by atoms with Crippen molar-refractivity contribution in [3.63, 3.8) is 0 Å². The van der Waals surface area contributed by atoms with E-state index in [2.05, 4.69) is 0 Å². The Bertz CT molecular complexity index is 682. The highest BCUT2D eigenvalue weighted by Crippen LogP contribution is 2.27. The molecule has 2 aromatic rings. The molecule has 0 aliphatic carbocycles. The largest absolute Gasteiger partial charge is 0.324 e. The fourth-order valence-electron chi connectivity index (χ4n) is 2.55. The smallest absolute Gasteiger partial charge is 0.323 e. The molecular formula is C17H16N2O2. The average molecular weight is 280 g/mol. The number of hydrogen-bond acceptors (Lipinski definition) is 2. The van der Waals surface area contributed by atoms with Crippen LogP contribution in [0.4, 0.5) is 10.5 Å². The molecule has 0 atom stereocenters. The summed E-state index contributed by atoms with van der Waals surface area (Å²) in [6.07, 6.45) is 0. The normalized spacial score (nSPS) is 14.0. The van der Waals surface area contributed by atoms with Gasteiger partial charge in [-0.25, -0.2) is 4.79 Å². The van der Waals surface area contributed by atoms with E-state index in [-0.39, 0.29) is 18.4 Å². The lowest BCUT2D eigenvalue weighted by atomic mass is 10.1. The number of rotatable bonds is 3. The molecule has 106 valence electrons. The molecule has 1 aliphatic heterocycles. The maximum absolute atomic E-state index is 12.4. The molecule has 3 rings (SSSR count). The quantitative estimate of drug-likeness (QED) is 0.811. The van der Waals surface area contributed by atoms with E-state index in [1.165, 1.54) is 0 Å². The molecule has 2 amide bonds. The van der Waals surface area contributed by atoms with E-state index < -0.39 is 0 Å². The molecule has 0 aromatic heterocycles. The summed E-state index contributed by atoms with van der Waals surface area (Å²) in [6, 6.07) is 16.6. The van der Waals surface area contributed by atoms with Gasteiger partial charge in [0.05, 0.1) is 12.2 Å². The van der Waals surface area contributed by atoms with Crippen LogP contribution in [0.5, 0.6) is 0 Å². The number of Topliss-reactive ketones (excluding diaryl/α,β-unsaturated/α-hetero) is 1. The van der Waals surface area contributed by atoms with Crippen LogP contribution in [0.2, 0.25) is 0 Å². The van der Waals surface area contributed by atoms with Crippen LogP contribution in [-0.4, -0.2) is 30.3 Å². The van der Waals surface area contributed by atoms with Gasteiger partial charge in [0.15, 0.2) is 5.78 Å². The van der Waals surface area contributed by atoms with Crippen LogP contribution in [0.1, 0.15) is 15.9 Å². The van der Waals surface area contributed by atoms with Crippen molar-refractivity contribution in [3.05, 3.63) is 65.7 Å². The summed E-state index contributed by atoms with van der Waals surface area (Å²) < 4.78 is 0. The lowest BCUT2D eigenvalue weighted by Crippen LogP contribution is -2.47. The highest BCUT2D eigenvalue weighted by molar-refractivity contribution is 6.05. The Morgan fingerprint density at radius 2 is 1.71 bits per heavy atom. The topological polar surface area (TPSA) is 40.6 Å². The van der Waals surface area contributed by atoms with E-state index in [1.54, 1.807) is 29.0 Å². The Morgan fingerprint density at radius 1 is 1.05 bits per heavy atom. The molecule has 0 spiro atoms. The van der Waals surface area contributed by atoms with Crippen LogP contribution in [-0.2, 0) is 6.54 Å². The summed E-state index contributed by atoms with van der Waals surface area (Å²) >= 11 is 0. The third-order valence-corrected chi connectivity index (χ3v) is 3.64. The molecule has 0 saturated carbocycles. The van der Waals surface area contributed by atoms with Crippen LogP contribution in [0, 0.1) is 0 Å². The summed E-state index contributed by atoms with van der Waals surface area (Å²) in [5.74, 6) is -0.0611. The Balaban J connectivity index is 1.91. The maximum Gasteiger partial charge on any atom is 0.324 e. The van der Waals surface area contributed by atoms with Crippen LogP contribution in [0.15, 0.2) is 54.6 Å². The van der Waals surface area contributed by atoms with Gasteiger partial charge in [-0.2, -0.15) is 0 Å². The molecule has 21 heavy (non-hydrogen) atoms. The van der Waals surface area contributed by atoms with Crippen molar-refractivity contribution in [1.82, 2.24) is 4.90 Å². The number of carbonyl (C=O) groups excluding carboxylic acids is 2. The summed E-state index contributed by atoms with van der Waals surface area (Å²) in [5, 5.41) is 0. The summed E-state index contributed by atoms with van der Waals surface area (Å²) in [5.41, 5.74) is 2.50. The van der Waals surface area contributed by atoms with Crippen LogP contribution in [0.3, 0.4) is 0 Å². The number of para-hydroxylation sites is 1. The number of hydrogen-bond donors (Lipinski definition) is 0. The lowest BCUT2D eigenvalue weighted by molar-refractivity contribution is 0.0997. The van der Waals surface area contributed by atoms with Gasteiger partial charge >= 0.3 is 6.03 Å². The second-order valence-corrected chi connectivity index (χ2v) is 5.14. The van der Waals surface area contributed by atoms with Crippen LogP contribution in [0.25, 0.3) is 0 Å². The van der Waals surface area contributed by atoms with Crippen molar-refractivity contribution >= 4 is 17.5 Å². The summed E-state index contributed by atoms with van der Waals surface area (Å²) in [4.78, 5) is 27.9. The fraction of sp³-hybridized carbons (Fsp3) is 0.176. The first-order valence-corrected chi connectivity index (χ1v) is 6.85. The van der Waals surface area contributed by atoms with Crippen molar-refractivity contribution in [1.29, 1.82) is 0 Å². The molecule has 4 heteroatoms. The Morgan fingerprint density at radius 3 is 2.48 bits per heavy atom. The summed E-state index contributed by atoms with van der Waals surface area (Å²) in [7, 11) is 1.75. The van der Waals surface area contributed by atoms with Gasteiger partial charge in [-0.05, 0) is 11.6 Å². The highest BCUT2D eigenvalue weighted by atomic mass is 16.2. The Kier molecular flexibility index (Phi) is 3.44. The fourth-order valence-corrected chi connectivity index (χ4v) is 2.55. The second-order valence-electron chi connectivity index (χ2n) is 5.14. The first-order valence-electron chi connectivity index (χ1n) is 6.85. The standard InChI is InChI=1S/C17H16N2O2/c1-18-11-14-9-5-6-10-15(14)19(17(18)21)12-16(20)13-7-3-2-4-8-13/h2-10H,11-12H2,1H3. The number of amides is 2. The number of anilines is 1. The second kappa shape index (κ2) is 5.40. The number of fused-ring (bicyclic) bond motifs is 1. The van der Waals surface area contributed by atoms with Gasteiger partial charge in [0, 0.05) is 19.2 Å². The van der Waals surface area contributed by atoms with Gasteiger partial charge in [-0.3, -0.25) is 9.69 Å². The van der Waals surface area contributed by atoms with E-state index >= 15 is 0 Å². The molecule has 0 radical (unpaired) electrons. The van der Waals surface area contributed by atoms with Crippen molar-refractivity contribution in [2.45, 2.75) is 6.54 Å². The predicted octanol–water partition coefficient (Wildman–Crippen LogP) is 2.94. The van der Waals surface area contributed by atoms with Gasteiger partial charge < -0.3 is 4.90 Å². The Labute approximate surface area is 123 Å². The zero-order valence-electron chi connectivity index (χ0n) is 11.8. The maximum atomic E-state index is 12.4. The SMILES string of the molecule is CN1Cc2ccccc2N(CC(=O)c2ccccc2)C1=O. The molecule has 0 unspecified atom stereocenters. The van der Waals surface area contributed by atoms with Gasteiger partial charge in [0.2, 0.25) is 0 Å². The number of benzene rings is 2. The molecule has 0 fully saturated rings. The third-order valence-electron chi connectivity index (χ3n) is 3.64. The molecular weight excluding hydrogens is 264 g/mol. The van der Waals surface area contributed by atoms with Crippen molar-refractivity contribution in [3.8, 4) is 0 Å². The van der Waals surface area contributed by atoms with Gasteiger partial charge in [0.25, 0.3) is 0 Å². The van der Waals surface area contributed by atoms with Gasteiger partial charge in [-0.1, -0.05) is 48.5 Å².